The van der Waals surface area contributed by atoms with Gasteiger partial charge in [0.25, 0.3) is 0 Å². The number of ketones is 1. The van der Waals surface area contributed by atoms with Crippen molar-refractivity contribution in [1.29, 1.82) is 0 Å². The lowest BCUT2D eigenvalue weighted by atomic mass is 10.1. The lowest BCUT2D eigenvalue weighted by molar-refractivity contribution is -0.114. The molecule has 1 aliphatic rings. The largest absolute Gasteiger partial charge is 0.365 e. The Kier molecular flexibility index (Phi) is 4.55. The molecule has 5 nitrogen and oxygen atoms in total. The Bertz CT molecular complexity index is 227. The van der Waals surface area contributed by atoms with E-state index in [0.717, 1.165) is 19.4 Å². The summed E-state index contributed by atoms with van der Waals surface area (Å²) in [4.78, 5) is 15.6. The van der Waals surface area contributed by atoms with Crippen molar-refractivity contribution in [3.05, 3.63) is 0 Å². The minimum Gasteiger partial charge on any atom is -0.365 e. The molecule has 1 aliphatic heterocycles. The predicted molar refractivity (Wildman–Crippen MR) is 56.2 cm³/mol. The normalized spacial score (nSPS) is 17.4. The second kappa shape index (κ2) is 5.72. The number of nitrogens with zero attached hydrogens (tertiary/aromatic N) is 1. The highest BCUT2D eigenvalue weighted by Crippen LogP contribution is 2.01. The topological polar surface area (TPSA) is 93.5 Å². The van der Waals surface area contributed by atoms with E-state index in [4.69, 9.17) is 11.5 Å². The number of Topliss-reactive ketones (excluding diaryl/α,β-unsaturated/α-hetero) is 1. The second-order valence-electron chi connectivity index (χ2n) is 3.41. The number of rotatable bonds is 6. The number of carbonyl (C=O) groups excluding carboxylic acids is 1. The lowest BCUT2D eigenvalue weighted by Gasteiger charge is -2.09. The molecule has 5 N–H and O–H groups in total. The number of unbranched alkanes of at least 4 members (excludes halogenated alkanes) is 1. The zero-order valence-electron chi connectivity index (χ0n) is 8.33. The Labute approximate surface area is 83.9 Å². The maximum absolute atomic E-state index is 11.6. The average Bonchev–Trinajstić information content (AvgIpc) is 2.69. The molecule has 14 heavy (non-hydrogen) atoms. The van der Waals surface area contributed by atoms with Crippen LogP contribution in [-0.2, 0) is 4.79 Å². The zero-order chi connectivity index (χ0) is 10.4. The van der Waals surface area contributed by atoms with Crippen LogP contribution in [-0.4, -0.2) is 37.3 Å². The number of aliphatic imine (C=N–C) groups is 1. The van der Waals surface area contributed by atoms with E-state index in [1.807, 2.05) is 0 Å². The van der Waals surface area contributed by atoms with E-state index in [9.17, 15) is 4.79 Å². The smallest absolute Gasteiger partial charge is 0.213 e. The van der Waals surface area contributed by atoms with Crippen LogP contribution in [0.15, 0.2) is 4.99 Å². The van der Waals surface area contributed by atoms with Crippen molar-refractivity contribution in [3.8, 4) is 0 Å². The summed E-state index contributed by atoms with van der Waals surface area (Å²) in [5.74, 6) is 0.379. The van der Waals surface area contributed by atoms with E-state index < -0.39 is 6.04 Å². The molecule has 0 aromatic carbocycles. The van der Waals surface area contributed by atoms with Crippen LogP contribution in [0.5, 0.6) is 0 Å². The van der Waals surface area contributed by atoms with Crippen LogP contribution in [0, 0.1) is 0 Å². The van der Waals surface area contributed by atoms with Crippen LogP contribution in [0.25, 0.3) is 0 Å². The third-order valence-electron chi connectivity index (χ3n) is 2.21. The van der Waals surface area contributed by atoms with Crippen LogP contribution >= 0.6 is 0 Å². The molecule has 0 aromatic heterocycles. The molecule has 0 radical (unpaired) electrons. The lowest BCUT2D eigenvalue weighted by Crippen LogP contribution is -2.40. The molecule has 0 aliphatic carbocycles. The Hall–Kier alpha value is -0.940. The van der Waals surface area contributed by atoms with Crippen LogP contribution in [0.3, 0.4) is 0 Å². The van der Waals surface area contributed by atoms with Gasteiger partial charge in [-0.15, -0.1) is 0 Å². The quantitative estimate of drug-likeness (QED) is 0.478. The van der Waals surface area contributed by atoms with Gasteiger partial charge in [-0.2, -0.15) is 0 Å². The molecule has 1 heterocycles. The molecule has 0 spiro atoms. The highest BCUT2D eigenvalue weighted by atomic mass is 16.1. The molecule has 0 aromatic rings. The number of nitrogens with two attached hydrogens (primary N) is 2. The third-order valence-corrected chi connectivity index (χ3v) is 2.21. The number of hydrogen-bond acceptors (Lipinski definition) is 5. The Morgan fingerprint density at radius 1 is 1.57 bits per heavy atom. The van der Waals surface area contributed by atoms with Crippen LogP contribution in [0.1, 0.15) is 19.3 Å². The Balaban J connectivity index is 2.28. The average molecular weight is 198 g/mol. The highest BCUT2D eigenvalue weighted by molar-refractivity contribution is 6.41. The van der Waals surface area contributed by atoms with Gasteiger partial charge in [-0.1, -0.05) is 6.42 Å². The fraction of sp³-hybridized carbons (Fsp3) is 0.778. The van der Waals surface area contributed by atoms with Crippen LogP contribution < -0.4 is 16.8 Å². The molecular weight excluding hydrogens is 180 g/mol. The maximum Gasteiger partial charge on any atom is 0.213 e. The Morgan fingerprint density at radius 3 is 2.93 bits per heavy atom. The van der Waals surface area contributed by atoms with Gasteiger partial charge in [-0.05, 0) is 19.4 Å². The standard InChI is InChI=1S/C9H18N4O/c10-4-2-1-3-7(11)8(14)9-12-5-6-13-9/h7H,1-6,10-11H2,(H,12,13)/t7-/m0/s1. The van der Waals surface area contributed by atoms with Gasteiger partial charge in [-0.3, -0.25) is 9.79 Å². The van der Waals surface area contributed by atoms with Gasteiger partial charge in [-0.25, -0.2) is 0 Å². The SMILES string of the molecule is NCCCC[C@H](N)C(=O)C1=NCCN1. The molecule has 0 bridgehead atoms. The monoisotopic (exact) mass is 198 g/mol. The van der Waals surface area contributed by atoms with Gasteiger partial charge < -0.3 is 16.8 Å². The van der Waals surface area contributed by atoms with Crippen molar-refractivity contribution >= 4 is 11.6 Å². The molecular formula is C9H18N4O. The molecule has 0 fully saturated rings. The molecule has 1 rings (SSSR count). The van der Waals surface area contributed by atoms with Gasteiger partial charge in [0.2, 0.25) is 5.78 Å². The van der Waals surface area contributed by atoms with Crippen molar-refractivity contribution in [2.24, 2.45) is 16.5 Å². The fourth-order valence-electron chi connectivity index (χ4n) is 1.38. The van der Waals surface area contributed by atoms with Gasteiger partial charge in [0.15, 0.2) is 5.84 Å². The minimum absolute atomic E-state index is 0.0699. The molecule has 0 amide bonds. The van der Waals surface area contributed by atoms with Gasteiger partial charge in [0.1, 0.15) is 0 Å². The molecule has 0 saturated heterocycles. The van der Waals surface area contributed by atoms with Crippen molar-refractivity contribution in [2.75, 3.05) is 19.6 Å². The van der Waals surface area contributed by atoms with Gasteiger partial charge >= 0.3 is 0 Å². The van der Waals surface area contributed by atoms with E-state index in [-0.39, 0.29) is 5.78 Å². The van der Waals surface area contributed by atoms with Crippen molar-refractivity contribution < 1.29 is 4.79 Å². The molecule has 80 valence electrons. The summed E-state index contributed by atoms with van der Waals surface area (Å²) < 4.78 is 0. The zero-order valence-corrected chi connectivity index (χ0v) is 8.33. The Morgan fingerprint density at radius 2 is 2.36 bits per heavy atom. The first kappa shape index (κ1) is 11.1. The molecule has 0 unspecified atom stereocenters. The number of hydrogen-bond donors (Lipinski definition) is 3. The van der Waals surface area contributed by atoms with E-state index >= 15 is 0 Å². The molecule has 1 atom stereocenters. The van der Waals surface area contributed by atoms with E-state index in [1.165, 1.54) is 0 Å². The van der Waals surface area contributed by atoms with E-state index in [2.05, 4.69) is 10.3 Å². The van der Waals surface area contributed by atoms with Crippen molar-refractivity contribution in [3.63, 3.8) is 0 Å². The highest BCUT2D eigenvalue weighted by Gasteiger charge is 2.20. The number of amidine groups is 1. The summed E-state index contributed by atoms with van der Waals surface area (Å²) >= 11 is 0. The van der Waals surface area contributed by atoms with Crippen molar-refractivity contribution in [2.45, 2.75) is 25.3 Å². The first-order valence-electron chi connectivity index (χ1n) is 5.04. The summed E-state index contributed by atoms with van der Waals surface area (Å²) in [7, 11) is 0. The van der Waals surface area contributed by atoms with E-state index in [0.29, 0.717) is 25.3 Å². The molecule has 0 saturated carbocycles. The third kappa shape index (κ3) is 3.08. The predicted octanol–water partition coefficient (Wildman–Crippen LogP) is -0.986. The first-order chi connectivity index (χ1) is 6.75. The number of nitrogens with one attached hydrogen (secondary N) is 1. The van der Waals surface area contributed by atoms with Crippen molar-refractivity contribution in [1.82, 2.24) is 5.32 Å². The van der Waals surface area contributed by atoms with Crippen LogP contribution in [0.4, 0.5) is 0 Å². The van der Waals surface area contributed by atoms with Crippen LogP contribution in [0.2, 0.25) is 0 Å². The van der Waals surface area contributed by atoms with Gasteiger partial charge in [0, 0.05) is 6.54 Å². The second-order valence-corrected chi connectivity index (χ2v) is 3.41. The summed E-state index contributed by atoms with van der Waals surface area (Å²) in [6.45, 7) is 2.08. The first-order valence-corrected chi connectivity index (χ1v) is 5.04. The maximum atomic E-state index is 11.6. The molecule has 5 heteroatoms. The summed E-state index contributed by atoms with van der Waals surface area (Å²) in [6, 6.07) is -0.425. The fourth-order valence-corrected chi connectivity index (χ4v) is 1.38. The summed E-state index contributed by atoms with van der Waals surface area (Å²) in [5, 5.41) is 2.92. The minimum atomic E-state index is -0.425. The van der Waals surface area contributed by atoms with E-state index in [1.54, 1.807) is 0 Å². The number of carbonyl (C=O) groups is 1. The summed E-state index contributed by atoms with van der Waals surface area (Å²) in [6.07, 6.45) is 2.51. The van der Waals surface area contributed by atoms with Gasteiger partial charge in [0.05, 0.1) is 12.6 Å². The summed E-state index contributed by atoms with van der Waals surface area (Å²) in [5.41, 5.74) is 11.1.